The van der Waals surface area contributed by atoms with Gasteiger partial charge in [0.25, 0.3) is 0 Å². The van der Waals surface area contributed by atoms with Crippen LogP contribution in [0.4, 0.5) is 4.79 Å². The topological polar surface area (TPSA) is 93.2 Å². The minimum absolute atomic E-state index is 0.439. The molecular formula is C22H38N4O4. The van der Waals surface area contributed by atoms with Crippen LogP contribution < -0.4 is 20.7 Å². The normalized spacial score (nSPS) is 12.3. The summed E-state index contributed by atoms with van der Waals surface area (Å²) < 4.78 is 16.2. The van der Waals surface area contributed by atoms with E-state index in [9.17, 15) is 4.79 Å². The number of hydrogen-bond donors (Lipinski definition) is 3. The minimum atomic E-state index is -0.527. The predicted octanol–water partition coefficient (Wildman–Crippen LogP) is 3.07. The van der Waals surface area contributed by atoms with Crippen LogP contribution in [0.25, 0.3) is 0 Å². The number of carbonyl (C=O) groups is 1. The van der Waals surface area contributed by atoms with Gasteiger partial charge in [-0.05, 0) is 58.7 Å². The fourth-order valence-electron chi connectivity index (χ4n) is 2.44. The molecule has 30 heavy (non-hydrogen) atoms. The molecule has 0 heterocycles. The SMILES string of the molecule is CN=C(NCCCOCc1ccc(OC)cc1)NCC(C)(C)NC(=O)OC(C)(C)C. The summed E-state index contributed by atoms with van der Waals surface area (Å²) in [4.78, 5) is 16.2. The van der Waals surface area contributed by atoms with Crippen molar-refractivity contribution in [1.29, 1.82) is 0 Å². The van der Waals surface area contributed by atoms with Gasteiger partial charge in [-0.2, -0.15) is 0 Å². The second kappa shape index (κ2) is 12.3. The molecule has 1 aromatic rings. The number of nitrogens with one attached hydrogen (secondary N) is 3. The molecule has 0 saturated heterocycles. The second-order valence-electron chi connectivity index (χ2n) is 8.62. The molecule has 0 atom stereocenters. The molecule has 3 N–H and O–H groups in total. The molecule has 1 amide bonds. The van der Waals surface area contributed by atoms with Gasteiger partial charge in [-0.15, -0.1) is 0 Å². The molecule has 0 spiro atoms. The lowest BCUT2D eigenvalue weighted by atomic mass is 10.1. The van der Waals surface area contributed by atoms with E-state index in [0.29, 0.717) is 25.7 Å². The summed E-state index contributed by atoms with van der Waals surface area (Å²) in [5.74, 6) is 1.51. The van der Waals surface area contributed by atoms with Gasteiger partial charge in [-0.25, -0.2) is 4.79 Å². The van der Waals surface area contributed by atoms with Crippen LogP contribution in [0.15, 0.2) is 29.3 Å². The number of ether oxygens (including phenoxy) is 3. The summed E-state index contributed by atoms with van der Waals surface area (Å²) in [6.45, 7) is 11.8. The fourth-order valence-corrected chi connectivity index (χ4v) is 2.44. The standard InChI is InChI=1S/C22H38N4O4/c1-21(2,3)30-20(27)26-22(4,5)16-25-19(23-6)24-13-8-14-29-15-17-9-11-18(28-7)12-10-17/h9-12H,8,13-16H2,1-7H3,(H,26,27)(H2,23,24,25). The van der Waals surface area contributed by atoms with Gasteiger partial charge in [0.05, 0.1) is 19.3 Å². The van der Waals surface area contributed by atoms with E-state index in [0.717, 1.165) is 24.3 Å². The summed E-state index contributed by atoms with van der Waals surface area (Å²) in [5.41, 5.74) is 0.0863. The van der Waals surface area contributed by atoms with E-state index in [-0.39, 0.29) is 0 Å². The Hall–Kier alpha value is -2.48. The highest BCUT2D eigenvalue weighted by atomic mass is 16.6. The van der Waals surface area contributed by atoms with Crippen molar-refractivity contribution in [2.24, 2.45) is 4.99 Å². The van der Waals surface area contributed by atoms with Crippen molar-refractivity contribution >= 4 is 12.1 Å². The summed E-state index contributed by atoms with van der Waals surface area (Å²) in [5, 5.41) is 9.33. The first-order valence-corrected chi connectivity index (χ1v) is 10.2. The Morgan fingerprint density at radius 2 is 1.73 bits per heavy atom. The second-order valence-corrected chi connectivity index (χ2v) is 8.62. The van der Waals surface area contributed by atoms with E-state index in [2.05, 4.69) is 20.9 Å². The van der Waals surface area contributed by atoms with Crippen LogP contribution in [0.3, 0.4) is 0 Å². The van der Waals surface area contributed by atoms with E-state index in [1.807, 2.05) is 58.9 Å². The molecule has 0 aliphatic carbocycles. The van der Waals surface area contributed by atoms with Crippen LogP contribution in [0.2, 0.25) is 0 Å². The summed E-state index contributed by atoms with van der Waals surface area (Å²) >= 11 is 0. The Balaban J connectivity index is 2.23. The summed E-state index contributed by atoms with van der Waals surface area (Å²) in [6, 6.07) is 7.84. The quantitative estimate of drug-likeness (QED) is 0.305. The van der Waals surface area contributed by atoms with E-state index < -0.39 is 17.2 Å². The zero-order chi connectivity index (χ0) is 22.6. The van der Waals surface area contributed by atoms with Gasteiger partial charge in [0, 0.05) is 26.7 Å². The molecule has 0 aliphatic rings. The number of carbonyl (C=O) groups excluding carboxylic acids is 1. The minimum Gasteiger partial charge on any atom is -0.497 e. The van der Waals surface area contributed by atoms with E-state index in [1.165, 1.54) is 0 Å². The van der Waals surface area contributed by atoms with Crippen LogP contribution in [0, 0.1) is 0 Å². The number of aliphatic imine (C=N–C) groups is 1. The summed E-state index contributed by atoms with van der Waals surface area (Å²) in [7, 11) is 3.36. The highest BCUT2D eigenvalue weighted by Gasteiger charge is 2.24. The largest absolute Gasteiger partial charge is 0.497 e. The van der Waals surface area contributed by atoms with Gasteiger partial charge in [-0.1, -0.05) is 12.1 Å². The van der Waals surface area contributed by atoms with Crippen molar-refractivity contribution in [3.8, 4) is 5.75 Å². The monoisotopic (exact) mass is 422 g/mol. The van der Waals surface area contributed by atoms with Gasteiger partial charge >= 0.3 is 6.09 Å². The third-order valence-corrected chi connectivity index (χ3v) is 3.95. The number of hydrogen-bond acceptors (Lipinski definition) is 5. The summed E-state index contributed by atoms with van der Waals surface area (Å²) in [6.07, 6.45) is 0.405. The van der Waals surface area contributed by atoms with Crippen molar-refractivity contribution < 1.29 is 19.0 Å². The van der Waals surface area contributed by atoms with E-state index in [1.54, 1.807) is 14.2 Å². The molecule has 0 fully saturated rings. The maximum Gasteiger partial charge on any atom is 0.408 e. The van der Waals surface area contributed by atoms with Crippen LogP contribution in [0.5, 0.6) is 5.75 Å². The number of nitrogens with zero attached hydrogens (tertiary/aromatic N) is 1. The van der Waals surface area contributed by atoms with Gasteiger partial charge in [-0.3, -0.25) is 4.99 Å². The number of guanidine groups is 1. The Labute approximate surface area is 180 Å². The predicted molar refractivity (Wildman–Crippen MR) is 120 cm³/mol. The molecule has 8 heteroatoms. The third kappa shape index (κ3) is 11.5. The van der Waals surface area contributed by atoms with Gasteiger partial charge in [0.15, 0.2) is 5.96 Å². The lowest BCUT2D eigenvalue weighted by Crippen LogP contribution is -2.54. The molecule has 0 saturated carbocycles. The first-order chi connectivity index (χ1) is 14.0. The molecule has 0 bridgehead atoms. The van der Waals surface area contributed by atoms with Gasteiger partial charge in [0.2, 0.25) is 0 Å². The first kappa shape index (κ1) is 25.6. The number of rotatable bonds is 10. The van der Waals surface area contributed by atoms with Gasteiger partial charge < -0.3 is 30.2 Å². The lowest BCUT2D eigenvalue weighted by molar-refractivity contribution is 0.0474. The highest BCUT2D eigenvalue weighted by molar-refractivity contribution is 5.79. The number of benzene rings is 1. The van der Waals surface area contributed by atoms with E-state index >= 15 is 0 Å². The van der Waals surface area contributed by atoms with Crippen LogP contribution in [-0.4, -0.2) is 57.0 Å². The number of amides is 1. The van der Waals surface area contributed by atoms with E-state index in [4.69, 9.17) is 14.2 Å². The van der Waals surface area contributed by atoms with Crippen molar-refractivity contribution in [1.82, 2.24) is 16.0 Å². The number of alkyl carbamates (subject to hydrolysis) is 1. The van der Waals surface area contributed by atoms with Crippen LogP contribution >= 0.6 is 0 Å². The Morgan fingerprint density at radius 3 is 2.30 bits per heavy atom. The highest BCUT2D eigenvalue weighted by Crippen LogP contribution is 2.12. The Bertz CT molecular complexity index is 667. The zero-order valence-electron chi connectivity index (χ0n) is 19.4. The zero-order valence-corrected chi connectivity index (χ0v) is 19.4. The maximum atomic E-state index is 12.0. The lowest BCUT2D eigenvalue weighted by Gasteiger charge is -2.29. The number of methoxy groups -OCH3 is 1. The van der Waals surface area contributed by atoms with Gasteiger partial charge in [0.1, 0.15) is 11.4 Å². The molecule has 0 radical (unpaired) electrons. The molecule has 170 valence electrons. The molecule has 0 aromatic heterocycles. The molecule has 8 nitrogen and oxygen atoms in total. The van der Waals surface area contributed by atoms with Crippen LogP contribution in [-0.2, 0) is 16.1 Å². The fraction of sp³-hybridized carbons (Fsp3) is 0.636. The Morgan fingerprint density at radius 1 is 1.07 bits per heavy atom. The third-order valence-electron chi connectivity index (χ3n) is 3.95. The van der Waals surface area contributed by atoms with Crippen molar-refractivity contribution in [2.45, 2.75) is 58.8 Å². The van der Waals surface area contributed by atoms with Crippen molar-refractivity contribution in [2.75, 3.05) is 33.9 Å². The molecular weight excluding hydrogens is 384 g/mol. The molecule has 1 aromatic carbocycles. The van der Waals surface area contributed by atoms with Crippen molar-refractivity contribution in [3.05, 3.63) is 29.8 Å². The van der Waals surface area contributed by atoms with Crippen LogP contribution in [0.1, 0.15) is 46.6 Å². The average molecular weight is 423 g/mol. The average Bonchev–Trinajstić information content (AvgIpc) is 2.65. The first-order valence-electron chi connectivity index (χ1n) is 10.2. The Kier molecular flexibility index (Phi) is 10.5. The molecule has 0 aliphatic heterocycles. The maximum absolute atomic E-state index is 12.0. The smallest absolute Gasteiger partial charge is 0.408 e. The molecule has 0 unspecified atom stereocenters. The van der Waals surface area contributed by atoms with Crippen molar-refractivity contribution in [3.63, 3.8) is 0 Å². The molecule has 1 rings (SSSR count).